The van der Waals surface area contributed by atoms with Crippen molar-refractivity contribution in [2.45, 2.75) is 18.8 Å². The molecule has 1 aromatic rings. The fraction of sp³-hybridized carbons (Fsp3) is 0.333. The van der Waals surface area contributed by atoms with Crippen molar-refractivity contribution in [1.82, 2.24) is 15.5 Å². The molecule has 5 nitrogen and oxygen atoms in total. The molecule has 124 valence electrons. The van der Waals surface area contributed by atoms with Gasteiger partial charge in [-0.1, -0.05) is 30.3 Å². The van der Waals surface area contributed by atoms with Gasteiger partial charge >= 0.3 is 6.18 Å². The van der Waals surface area contributed by atoms with Gasteiger partial charge in [0.15, 0.2) is 0 Å². The van der Waals surface area contributed by atoms with Crippen LogP contribution in [0, 0.1) is 0 Å². The first-order valence-corrected chi connectivity index (χ1v) is 6.88. The van der Waals surface area contributed by atoms with E-state index in [4.69, 9.17) is 0 Å². The SMILES string of the molecule is CNC(=O)C1=C(NC=O)CN(Cc2ccccc2)C1C(F)(F)F. The Morgan fingerprint density at radius 3 is 2.52 bits per heavy atom. The highest BCUT2D eigenvalue weighted by atomic mass is 19.4. The molecule has 0 saturated carbocycles. The highest BCUT2D eigenvalue weighted by Crippen LogP contribution is 2.36. The van der Waals surface area contributed by atoms with Crippen molar-refractivity contribution >= 4 is 12.3 Å². The molecule has 2 amide bonds. The van der Waals surface area contributed by atoms with E-state index in [-0.39, 0.29) is 25.2 Å². The Morgan fingerprint density at radius 2 is 2.00 bits per heavy atom. The van der Waals surface area contributed by atoms with Crippen LogP contribution in [0.5, 0.6) is 0 Å². The molecule has 8 heteroatoms. The molecule has 0 saturated heterocycles. The van der Waals surface area contributed by atoms with Crippen LogP contribution in [0.15, 0.2) is 41.6 Å². The first-order chi connectivity index (χ1) is 10.9. The van der Waals surface area contributed by atoms with Gasteiger partial charge in [0.1, 0.15) is 6.04 Å². The number of hydrogen-bond donors (Lipinski definition) is 2. The smallest absolute Gasteiger partial charge is 0.355 e. The standard InChI is InChI=1S/C15H16F3N3O2/c1-19-14(23)12-11(20-9-22)8-21(13(12)15(16,17)18)7-10-5-3-2-4-6-10/h2-6,9,13H,7-8H2,1H3,(H,19,23)(H,20,22). The summed E-state index contributed by atoms with van der Waals surface area (Å²) < 4.78 is 40.5. The Morgan fingerprint density at radius 1 is 1.35 bits per heavy atom. The third-order valence-electron chi connectivity index (χ3n) is 3.57. The first kappa shape index (κ1) is 17.0. The minimum absolute atomic E-state index is 0.00947. The van der Waals surface area contributed by atoms with E-state index in [0.717, 1.165) is 4.90 Å². The first-order valence-electron chi connectivity index (χ1n) is 6.88. The molecule has 23 heavy (non-hydrogen) atoms. The summed E-state index contributed by atoms with van der Waals surface area (Å²) in [5, 5.41) is 4.43. The van der Waals surface area contributed by atoms with Gasteiger partial charge in [0.2, 0.25) is 6.41 Å². The summed E-state index contributed by atoms with van der Waals surface area (Å²) in [5.41, 5.74) is 0.186. The number of carbonyl (C=O) groups excluding carboxylic acids is 2. The summed E-state index contributed by atoms with van der Waals surface area (Å²) in [7, 11) is 1.25. The molecule has 0 aliphatic carbocycles. The summed E-state index contributed by atoms with van der Waals surface area (Å²) in [6, 6.07) is 6.57. The Kier molecular flexibility index (Phi) is 5.05. The van der Waals surface area contributed by atoms with Gasteiger partial charge < -0.3 is 10.6 Å². The fourth-order valence-corrected chi connectivity index (χ4v) is 2.65. The van der Waals surface area contributed by atoms with E-state index in [0.29, 0.717) is 5.56 Å². The molecule has 0 bridgehead atoms. The lowest BCUT2D eigenvalue weighted by Crippen LogP contribution is -2.45. The van der Waals surface area contributed by atoms with Gasteiger partial charge in [-0.3, -0.25) is 14.5 Å². The van der Waals surface area contributed by atoms with Gasteiger partial charge in [-0.15, -0.1) is 0 Å². The average Bonchev–Trinajstić information content (AvgIpc) is 2.86. The third kappa shape index (κ3) is 3.70. The van der Waals surface area contributed by atoms with Crippen LogP contribution in [0.2, 0.25) is 0 Å². The van der Waals surface area contributed by atoms with Gasteiger partial charge in [0.25, 0.3) is 5.91 Å². The number of hydrogen-bond acceptors (Lipinski definition) is 3. The molecule has 1 heterocycles. The Balaban J connectivity index is 2.38. The van der Waals surface area contributed by atoms with Gasteiger partial charge in [0.05, 0.1) is 5.57 Å². The lowest BCUT2D eigenvalue weighted by Gasteiger charge is -2.28. The average molecular weight is 327 g/mol. The van der Waals surface area contributed by atoms with E-state index >= 15 is 0 Å². The van der Waals surface area contributed by atoms with Crippen molar-refractivity contribution in [3.8, 4) is 0 Å². The molecule has 0 radical (unpaired) electrons. The molecular formula is C15H16F3N3O2. The van der Waals surface area contributed by atoms with Gasteiger partial charge in [-0.2, -0.15) is 13.2 Å². The molecule has 1 aromatic carbocycles. The Hall–Kier alpha value is -2.35. The van der Waals surface area contributed by atoms with Crippen LogP contribution < -0.4 is 10.6 Å². The van der Waals surface area contributed by atoms with E-state index in [1.54, 1.807) is 30.3 Å². The molecule has 1 atom stereocenters. The van der Waals surface area contributed by atoms with E-state index < -0.39 is 23.7 Å². The van der Waals surface area contributed by atoms with Crippen molar-refractivity contribution < 1.29 is 22.8 Å². The Bertz CT molecular complexity index is 614. The zero-order valence-electron chi connectivity index (χ0n) is 12.4. The zero-order valence-corrected chi connectivity index (χ0v) is 12.4. The number of halogens is 3. The normalized spacial score (nSPS) is 18.9. The van der Waals surface area contributed by atoms with Crippen molar-refractivity contribution in [2.24, 2.45) is 0 Å². The van der Waals surface area contributed by atoms with Crippen molar-refractivity contribution in [3.63, 3.8) is 0 Å². The third-order valence-corrected chi connectivity index (χ3v) is 3.57. The number of alkyl halides is 3. The molecule has 2 rings (SSSR count). The van der Waals surface area contributed by atoms with Crippen LogP contribution in [-0.2, 0) is 16.1 Å². The molecule has 1 aliphatic rings. The van der Waals surface area contributed by atoms with Gasteiger partial charge in [0, 0.05) is 25.8 Å². The van der Waals surface area contributed by atoms with E-state index in [2.05, 4.69) is 10.6 Å². The quantitative estimate of drug-likeness (QED) is 0.799. The van der Waals surface area contributed by atoms with Crippen molar-refractivity contribution in [2.75, 3.05) is 13.6 Å². The number of benzene rings is 1. The maximum Gasteiger partial charge on any atom is 0.408 e. The van der Waals surface area contributed by atoms with Crippen molar-refractivity contribution in [3.05, 3.63) is 47.2 Å². The Labute approximate surface area is 131 Å². The fourth-order valence-electron chi connectivity index (χ4n) is 2.65. The molecule has 0 fully saturated rings. The molecule has 0 spiro atoms. The number of carbonyl (C=O) groups is 2. The summed E-state index contributed by atoms with van der Waals surface area (Å²) in [4.78, 5) is 23.7. The number of rotatable bonds is 5. The van der Waals surface area contributed by atoms with Crippen LogP contribution in [-0.4, -0.2) is 43.0 Å². The van der Waals surface area contributed by atoms with Crippen LogP contribution in [0.3, 0.4) is 0 Å². The van der Waals surface area contributed by atoms with Crippen LogP contribution in [0.1, 0.15) is 5.56 Å². The van der Waals surface area contributed by atoms with Crippen LogP contribution in [0.25, 0.3) is 0 Å². The molecule has 1 unspecified atom stereocenters. The van der Waals surface area contributed by atoms with Gasteiger partial charge in [-0.25, -0.2) is 0 Å². The summed E-state index contributed by atoms with van der Waals surface area (Å²) in [5.74, 6) is -0.854. The number of likely N-dealkylation sites (N-methyl/N-ethyl adjacent to an activating group) is 1. The number of amides is 2. The number of nitrogens with zero attached hydrogens (tertiary/aromatic N) is 1. The maximum absolute atomic E-state index is 13.5. The number of nitrogens with one attached hydrogen (secondary N) is 2. The molecule has 2 N–H and O–H groups in total. The predicted molar refractivity (Wildman–Crippen MR) is 77.0 cm³/mol. The topological polar surface area (TPSA) is 61.4 Å². The maximum atomic E-state index is 13.5. The second-order valence-corrected chi connectivity index (χ2v) is 5.07. The van der Waals surface area contributed by atoms with E-state index in [9.17, 15) is 22.8 Å². The lowest BCUT2D eigenvalue weighted by atomic mass is 10.1. The largest absolute Gasteiger partial charge is 0.408 e. The molecule has 1 aliphatic heterocycles. The predicted octanol–water partition coefficient (Wildman–Crippen LogP) is 1.18. The minimum atomic E-state index is -4.64. The lowest BCUT2D eigenvalue weighted by molar-refractivity contribution is -0.172. The van der Waals surface area contributed by atoms with Crippen LogP contribution >= 0.6 is 0 Å². The summed E-state index contributed by atoms with van der Waals surface area (Å²) in [6.07, 6.45) is -4.36. The summed E-state index contributed by atoms with van der Waals surface area (Å²) in [6.45, 7) is -0.157. The highest BCUT2D eigenvalue weighted by molar-refractivity contribution is 5.96. The van der Waals surface area contributed by atoms with Gasteiger partial charge in [-0.05, 0) is 5.56 Å². The molecular weight excluding hydrogens is 311 g/mol. The van der Waals surface area contributed by atoms with E-state index in [1.807, 2.05) is 0 Å². The molecule has 0 aromatic heterocycles. The second kappa shape index (κ2) is 6.82. The van der Waals surface area contributed by atoms with E-state index in [1.165, 1.54) is 7.05 Å². The monoisotopic (exact) mass is 327 g/mol. The minimum Gasteiger partial charge on any atom is -0.355 e. The van der Waals surface area contributed by atoms with Crippen molar-refractivity contribution in [1.29, 1.82) is 0 Å². The summed E-state index contributed by atoms with van der Waals surface area (Å²) >= 11 is 0. The highest BCUT2D eigenvalue weighted by Gasteiger charge is 2.52. The zero-order chi connectivity index (χ0) is 17.0. The van der Waals surface area contributed by atoms with Crippen LogP contribution in [0.4, 0.5) is 13.2 Å². The second-order valence-electron chi connectivity index (χ2n) is 5.07.